The molecule has 0 radical (unpaired) electrons. The highest BCUT2D eigenvalue weighted by atomic mass is 35.5. The summed E-state index contributed by atoms with van der Waals surface area (Å²) < 4.78 is 5.64. The van der Waals surface area contributed by atoms with Crippen molar-refractivity contribution in [3.8, 4) is 5.75 Å². The summed E-state index contributed by atoms with van der Waals surface area (Å²) >= 11 is 5.85. The summed E-state index contributed by atoms with van der Waals surface area (Å²) in [6.45, 7) is 9.20. The number of hydrogen-bond acceptors (Lipinski definition) is 4. The van der Waals surface area contributed by atoms with Crippen LogP contribution in [0.25, 0.3) is 0 Å². The second-order valence-corrected chi connectivity index (χ2v) is 8.15. The molecule has 1 aliphatic heterocycles. The van der Waals surface area contributed by atoms with E-state index in [0.29, 0.717) is 30.2 Å². The molecule has 1 heterocycles. The SMILES string of the molecule is CC1(C)CC(O)CC(C)(C)N1C[C@@H](O)COc1ccc(Cl)cc1. The standard InChI is InChI=1S/C18H28ClNO3/c1-17(2)9-14(21)10-18(3,4)20(17)11-15(22)12-23-16-7-5-13(19)6-8-16/h5-8,14-15,21-22H,9-12H2,1-4H3/t15-/m1/s1. The van der Waals surface area contributed by atoms with E-state index in [-0.39, 0.29) is 23.8 Å². The molecular formula is C18H28ClNO3. The first-order valence-corrected chi connectivity index (χ1v) is 8.50. The Labute approximate surface area is 144 Å². The lowest BCUT2D eigenvalue weighted by molar-refractivity contribution is -0.1000. The lowest BCUT2D eigenvalue weighted by Crippen LogP contribution is -2.63. The van der Waals surface area contributed by atoms with Crippen molar-refractivity contribution < 1.29 is 14.9 Å². The summed E-state index contributed by atoms with van der Waals surface area (Å²) in [6, 6.07) is 7.11. The number of β-amino-alcohol motifs (C(OH)–C–C–N with tert-alkyl or cyclic N) is 1. The van der Waals surface area contributed by atoms with E-state index < -0.39 is 6.10 Å². The maximum atomic E-state index is 10.4. The molecule has 130 valence electrons. The zero-order valence-corrected chi connectivity index (χ0v) is 15.2. The predicted octanol–water partition coefficient (Wildman–Crippen LogP) is 3.09. The van der Waals surface area contributed by atoms with Gasteiger partial charge in [-0.15, -0.1) is 0 Å². The monoisotopic (exact) mass is 341 g/mol. The first-order chi connectivity index (χ1) is 10.6. The Morgan fingerprint density at radius 2 is 1.70 bits per heavy atom. The van der Waals surface area contributed by atoms with Crippen LogP contribution in [0.3, 0.4) is 0 Å². The third kappa shape index (κ3) is 4.83. The van der Waals surface area contributed by atoms with Gasteiger partial charge in [0, 0.05) is 22.6 Å². The van der Waals surface area contributed by atoms with E-state index in [4.69, 9.17) is 16.3 Å². The van der Waals surface area contributed by atoms with Gasteiger partial charge in [0.15, 0.2) is 0 Å². The van der Waals surface area contributed by atoms with Crippen molar-refractivity contribution in [1.29, 1.82) is 0 Å². The van der Waals surface area contributed by atoms with Crippen LogP contribution in [0.5, 0.6) is 5.75 Å². The van der Waals surface area contributed by atoms with Crippen LogP contribution in [0.1, 0.15) is 40.5 Å². The Kier molecular flexibility index (Phi) is 5.62. The highest BCUT2D eigenvalue weighted by Crippen LogP contribution is 2.38. The predicted molar refractivity (Wildman–Crippen MR) is 93.1 cm³/mol. The molecule has 0 saturated carbocycles. The first-order valence-electron chi connectivity index (χ1n) is 8.12. The average Bonchev–Trinajstić information content (AvgIpc) is 2.41. The number of halogens is 1. The van der Waals surface area contributed by atoms with Gasteiger partial charge in [0.05, 0.1) is 6.10 Å². The second-order valence-electron chi connectivity index (χ2n) is 7.72. The molecule has 4 nitrogen and oxygen atoms in total. The number of benzene rings is 1. The number of aliphatic hydroxyl groups is 2. The van der Waals surface area contributed by atoms with Crippen LogP contribution < -0.4 is 4.74 Å². The van der Waals surface area contributed by atoms with Crippen molar-refractivity contribution in [3.63, 3.8) is 0 Å². The maximum Gasteiger partial charge on any atom is 0.119 e. The smallest absolute Gasteiger partial charge is 0.119 e. The van der Waals surface area contributed by atoms with Crippen LogP contribution in [0.4, 0.5) is 0 Å². The third-order valence-electron chi connectivity index (χ3n) is 4.58. The summed E-state index contributed by atoms with van der Waals surface area (Å²) in [5.74, 6) is 0.695. The van der Waals surface area contributed by atoms with E-state index >= 15 is 0 Å². The van der Waals surface area contributed by atoms with Crippen LogP contribution in [-0.2, 0) is 0 Å². The summed E-state index contributed by atoms with van der Waals surface area (Å²) in [5, 5.41) is 21.1. The van der Waals surface area contributed by atoms with Crippen LogP contribution in [0.15, 0.2) is 24.3 Å². The molecule has 0 bridgehead atoms. The van der Waals surface area contributed by atoms with Gasteiger partial charge in [-0.2, -0.15) is 0 Å². The molecule has 1 aromatic rings. The van der Waals surface area contributed by atoms with E-state index in [2.05, 4.69) is 32.6 Å². The van der Waals surface area contributed by atoms with Gasteiger partial charge in [-0.1, -0.05) is 11.6 Å². The van der Waals surface area contributed by atoms with E-state index in [1.54, 1.807) is 24.3 Å². The first kappa shape index (κ1) is 18.5. The summed E-state index contributed by atoms with van der Waals surface area (Å²) in [6.07, 6.45) is 0.528. The number of aliphatic hydroxyl groups excluding tert-OH is 2. The zero-order valence-electron chi connectivity index (χ0n) is 14.4. The largest absolute Gasteiger partial charge is 0.491 e. The fourth-order valence-electron chi connectivity index (χ4n) is 3.75. The van der Waals surface area contributed by atoms with Crippen LogP contribution in [0.2, 0.25) is 5.02 Å². The number of nitrogens with zero attached hydrogens (tertiary/aromatic N) is 1. The van der Waals surface area contributed by atoms with Gasteiger partial charge in [0.25, 0.3) is 0 Å². The van der Waals surface area contributed by atoms with Crippen molar-refractivity contribution in [3.05, 3.63) is 29.3 Å². The number of hydrogen-bond donors (Lipinski definition) is 2. The van der Waals surface area contributed by atoms with Gasteiger partial charge in [-0.05, 0) is 64.8 Å². The average molecular weight is 342 g/mol. The normalized spacial score (nSPS) is 22.7. The fourth-order valence-corrected chi connectivity index (χ4v) is 3.87. The quantitative estimate of drug-likeness (QED) is 0.864. The topological polar surface area (TPSA) is 52.9 Å². The molecule has 1 aliphatic rings. The van der Waals surface area contributed by atoms with Gasteiger partial charge in [0.1, 0.15) is 18.5 Å². The molecule has 0 amide bonds. The Morgan fingerprint density at radius 3 is 2.22 bits per heavy atom. The van der Waals surface area contributed by atoms with Crippen LogP contribution >= 0.6 is 11.6 Å². The molecule has 5 heteroatoms. The molecule has 23 heavy (non-hydrogen) atoms. The van der Waals surface area contributed by atoms with E-state index in [1.807, 2.05) is 0 Å². The Morgan fingerprint density at radius 1 is 1.17 bits per heavy atom. The molecule has 1 fully saturated rings. The fraction of sp³-hybridized carbons (Fsp3) is 0.667. The molecule has 2 rings (SSSR count). The molecule has 0 aromatic heterocycles. The van der Waals surface area contributed by atoms with Gasteiger partial charge >= 0.3 is 0 Å². The minimum Gasteiger partial charge on any atom is -0.491 e. The van der Waals surface area contributed by atoms with E-state index in [0.717, 1.165) is 0 Å². The molecule has 1 aromatic carbocycles. The molecule has 0 aliphatic carbocycles. The van der Waals surface area contributed by atoms with Gasteiger partial charge < -0.3 is 14.9 Å². The second kappa shape index (κ2) is 6.98. The Hall–Kier alpha value is -0.810. The molecule has 1 saturated heterocycles. The summed E-state index contributed by atoms with van der Waals surface area (Å²) in [5.41, 5.74) is -0.329. The van der Waals surface area contributed by atoms with Gasteiger partial charge in [-0.3, -0.25) is 4.90 Å². The molecular weight excluding hydrogens is 314 g/mol. The van der Waals surface area contributed by atoms with Gasteiger partial charge in [0.2, 0.25) is 0 Å². The molecule has 2 N–H and O–H groups in total. The van der Waals surface area contributed by atoms with Crippen molar-refractivity contribution in [2.24, 2.45) is 0 Å². The van der Waals surface area contributed by atoms with Gasteiger partial charge in [-0.25, -0.2) is 0 Å². The van der Waals surface area contributed by atoms with Crippen molar-refractivity contribution >= 4 is 11.6 Å². The maximum absolute atomic E-state index is 10.4. The van der Waals surface area contributed by atoms with Crippen molar-refractivity contribution in [2.45, 2.75) is 63.8 Å². The number of likely N-dealkylation sites (tertiary alicyclic amines) is 1. The molecule has 0 unspecified atom stereocenters. The van der Waals surface area contributed by atoms with E-state index in [9.17, 15) is 10.2 Å². The molecule has 0 spiro atoms. The van der Waals surface area contributed by atoms with Crippen molar-refractivity contribution in [2.75, 3.05) is 13.2 Å². The number of rotatable bonds is 5. The Bertz CT molecular complexity index is 498. The lowest BCUT2D eigenvalue weighted by Gasteiger charge is -2.54. The van der Waals surface area contributed by atoms with E-state index in [1.165, 1.54) is 0 Å². The lowest BCUT2D eigenvalue weighted by atomic mass is 9.78. The number of piperidine rings is 1. The summed E-state index contributed by atoms with van der Waals surface area (Å²) in [4.78, 5) is 2.28. The minimum absolute atomic E-state index is 0.164. The van der Waals surface area contributed by atoms with Crippen LogP contribution in [-0.4, -0.2) is 51.6 Å². The highest BCUT2D eigenvalue weighted by molar-refractivity contribution is 6.30. The Balaban J connectivity index is 1.95. The van der Waals surface area contributed by atoms with Crippen molar-refractivity contribution in [1.82, 2.24) is 4.90 Å². The summed E-state index contributed by atoms with van der Waals surface area (Å²) in [7, 11) is 0. The number of ether oxygens (including phenoxy) is 1. The van der Waals surface area contributed by atoms with Crippen LogP contribution in [0, 0.1) is 0 Å². The highest BCUT2D eigenvalue weighted by Gasteiger charge is 2.45. The molecule has 1 atom stereocenters. The zero-order chi connectivity index (χ0) is 17.3. The minimum atomic E-state index is -0.598. The third-order valence-corrected chi connectivity index (χ3v) is 4.83.